The quantitative estimate of drug-likeness (QED) is 0.197. The van der Waals surface area contributed by atoms with Crippen molar-refractivity contribution in [1.82, 2.24) is 5.32 Å². The van der Waals surface area contributed by atoms with Crippen LogP contribution < -0.4 is 5.32 Å². The molecule has 1 unspecified atom stereocenters. The summed E-state index contributed by atoms with van der Waals surface area (Å²) in [6.45, 7) is 0. The first-order valence-corrected chi connectivity index (χ1v) is 16.6. The summed E-state index contributed by atoms with van der Waals surface area (Å²) in [5.74, 6) is 1.53. The second-order valence-electron chi connectivity index (χ2n) is 12.6. The molecule has 1 aliphatic heterocycles. The SMILES string of the molecule is c1ccc(C2=NC(c3ccc4c(-c5ccc6oc7c8ccccc8c8ccccc8c7c6c5)cccc4c3)=NC(c3ccccc3)N2)cc1. The van der Waals surface area contributed by atoms with Crippen molar-refractivity contribution in [2.24, 2.45) is 9.98 Å². The van der Waals surface area contributed by atoms with Crippen LogP contribution in [0.15, 0.2) is 178 Å². The number of nitrogens with one attached hydrogen (secondary N) is 1. The topological polar surface area (TPSA) is 49.9 Å². The van der Waals surface area contributed by atoms with Crippen LogP contribution in [0.4, 0.5) is 0 Å². The summed E-state index contributed by atoms with van der Waals surface area (Å²) < 4.78 is 6.59. The highest BCUT2D eigenvalue weighted by atomic mass is 16.3. The number of hydrogen-bond acceptors (Lipinski definition) is 4. The highest BCUT2D eigenvalue weighted by Crippen LogP contribution is 2.42. The molecule has 4 heteroatoms. The van der Waals surface area contributed by atoms with Crippen LogP contribution in [-0.4, -0.2) is 11.7 Å². The molecule has 4 nitrogen and oxygen atoms in total. The van der Waals surface area contributed by atoms with Gasteiger partial charge >= 0.3 is 0 Å². The number of fused-ring (bicyclic) bond motifs is 9. The Balaban J connectivity index is 1.11. The summed E-state index contributed by atoms with van der Waals surface area (Å²) in [5.41, 5.74) is 7.26. The van der Waals surface area contributed by atoms with Gasteiger partial charge in [-0.15, -0.1) is 0 Å². The zero-order valence-electron chi connectivity index (χ0n) is 26.5. The highest BCUT2D eigenvalue weighted by Gasteiger charge is 2.21. The van der Waals surface area contributed by atoms with Gasteiger partial charge in [-0.05, 0) is 61.8 Å². The zero-order chi connectivity index (χ0) is 32.3. The molecule has 1 aromatic heterocycles. The van der Waals surface area contributed by atoms with Crippen molar-refractivity contribution in [2.75, 3.05) is 0 Å². The molecule has 1 N–H and O–H groups in total. The summed E-state index contributed by atoms with van der Waals surface area (Å²) in [7, 11) is 0. The van der Waals surface area contributed by atoms with Crippen molar-refractivity contribution in [3.05, 3.63) is 180 Å². The molecule has 0 radical (unpaired) electrons. The highest BCUT2D eigenvalue weighted by molar-refractivity contribution is 6.30. The third-order valence-corrected chi connectivity index (χ3v) is 9.70. The van der Waals surface area contributed by atoms with E-state index in [4.69, 9.17) is 14.4 Å². The van der Waals surface area contributed by atoms with Gasteiger partial charge in [-0.25, -0.2) is 9.98 Å². The van der Waals surface area contributed by atoms with Gasteiger partial charge in [0.05, 0.1) is 0 Å². The largest absolute Gasteiger partial charge is 0.455 e. The molecule has 0 fully saturated rings. The van der Waals surface area contributed by atoms with Crippen molar-refractivity contribution >= 4 is 65.9 Å². The van der Waals surface area contributed by atoms with Gasteiger partial charge < -0.3 is 9.73 Å². The maximum Gasteiger partial charge on any atom is 0.159 e. The number of benzene rings is 8. The molecule has 1 atom stereocenters. The van der Waals surface area contributed by atoms with Crippen LogP contribution in [0.1, 0.15) is 22.9 Å². The molecule has 0 spiro atoms. The predicted octanol–water partition coefficient (Wildman–Crippen LogP) is 11.2. The average molecular weight is 628 g/mol. The van der Waals surface area contributed by atoms with Crippen molar-refractivity contribution in [3.63, 3.8) is 0 Å². The molecule has 230 valence electrons. The Morgan fingerprint density at radius 2 is 1.18 bits per heavy atom. The van der Waals surface area contributed by atoms with Crippen molar-refractivity contribution in [2.45, 2.75) is 6.17 Å². The molecule has 8 aromatic carbocycles. The molecular weight excluding hydrogens is 599 g/mol. The van der Waals surface area contributed by atoms with Gasteiger partial charge in [-0.3, -0.25) is 0 Å². The molecular formula is C45H29N3O. The van der Waals surface area contributed by atoms with Gasteiger partial charge in [0.15, 0.2) is 5.84 Å². The Labute approximate surface area is 282 Å². The number of rotatable bonds is 4. The fraction of sp³-hybridized carbons (Fsp3) is 0.0222. The minimum Gasteiger partial charge on any atom is -0.455 e. The summed E-state index contributed by atoms with van der Waals surface area (Å²) in [5, 5.41) is 13.0. The van der Waals surface area contributed by atoms with E-state index in [0.717, 1.165) is 60.8 Å². The lowest BCUT2D eigenvalue weighted by Gasteiger charge is -2.23. The van der Waals surface area contributed by atoms with E-state index in [1.165, 1.54) is 27.1 Å². The van der Waals surface area contributed by atoms with Gasteiger partial charge in [-0.2, -0.15) is 0 Å². The van der Waals surface area contributed by atoms with E-state index in [1.807, 2.05) is 36.4 Å². The van der Waals surface area contributed by atoms with E-state index in [0.29, 0.717) is 5.84 Å². The molecule has 0 bridgehead atoms. The number of aliphatic imine (C=N–C) groups is 2. The first kappa shape index (κ1) is 27.6. The lowest BCUT2D eigenvalue weighted by atomic mass is 9.94. The van der Waals surface area contributed by atoms with E-state index in [-0.39, 0.29) is 6.17 Å². The average Bonchev–Trinajstić information content (AvgIpc) is 3.57. The lowest BCUT2D eigenvalue weighted by Crippen LogP contribution is -2.33. The molecule has 0 amide bonds. The van der Waals surface area contributed by atoms with Crippen LogP contribution in [0.2, 0.25) is 0 Å². The summed E-state index contributed by atoms with van der Waals surface area (Å²) in [6.07, 6.45) is -0.240. The summed E-state index contributed by atoms with van der Waals surface area (Å²) >= 11 is 0. The second kappa shape index (κ2) is 11.0. The Hall–Kier alpha value is -6.52. The van der Waals surface area contributed by atoms with Crippen LogP contribution in [0.3, 0.4) is 0 Å². The molecule has 0 aliphatic carbocycles. The molecule has 0 saturated heterocycles. The predicted molar refractivity (Wildman–Crippen MR) is 204 cm³/mol. The van der Waals surface area contributed by atoms with Crippen LogP contribution in [-0.2, 0) is 0 Å². The second-order valence-corrected chi connectivity index (χ2v) is 12.6. The zero-order valence-corrected chi connectivity index (χ0v) is 26.5. The first-order chi connectivity index (χ1) is 24.3. The van der Waals surface area contributed by atoms with Crippen molar-refractivity contribution < 1.29 is 4.42 Å². The Kier molecular flexibility index (Phi) is 6.21. The molecule has 10 rings (SSSR count). The fourth-order valence-corrected chi connectivity index (χ4v) is 7.38. The minimum absolute atomic E-state index is 0.240. The first-order valence-electron chi connectivity index (χ1n) is 16.6. The monoisotopic (exact) mass is 627 g/mol. The van der Waals surface area contributed by atoms with Gasteiger partial charge in [0, 0.05) is 27.3 Å². The van der Waals surface area contributed by atoms with E-state index in [9.17, 15) is 0 Å². The molecule has 49 heavy (non-hydrogen) atoms. The van der Waals surface area contributed by atoms with Gasteiger partial charge in [0.25, 0.3) is 0 Å². The van der Waals surface area contributed by atoms with E-state index in [1.54, 1.807) is 0 Å². The normalized spacial score (nSPS) is 14.7. The number of nitrogens with zero attached hydrogens (tertiary/aromatic N) is 2. The Morgan fingerprint density at radius 3 is 2.00 bits per heavy atom. The smallest absolute Gasteiger partial charge is 0.159 e. The summed E-state index contributed by atoms with van der Waals surface area (Å²) in [4.78, 5) is 10.1. The van der Waals surface area contributed by atoms with E-state index >= 15 is 0 Å². The lowest BCUT2D eigenvalue weighted by molar-refractivity contribution is 0.673. The molecule has 2 heterocycles. The Morgan fingerprint density at radius 1 is 0.490 bits per heavy atom. The molecule has 9 aromatic rings. The van der Waals surface area contributed by atoms with E-state index < -0.39 is 0 Å². The van der Waals surface area contributed by atoms with Crippen LogP contribution in [0.5, 0.6) is 0 Å². The minimum atomic E-state index is -0.240. The Bertz CT molecular complexity index is 2800. The van der Waals surface area contributed by atoms with Crippen LogP contribution in [0, 0.1) is 0 Å². The maximum absolute atomic E-state index is 6.59. The van der Waals surface area contributed by atoms with Crippen LogP contribution >= 0.6 is 0 Å². The molecule has 1 aliphatic rings. The van der Waals surface area contributed by atoms with Gasteiger partial charge in [0.2, 0.25) is 0 Å². The standard InChI is InChI=1S/C45H29N3O/c1-3-12-28(13-4-1)43-46-44(29-14-5-2-6-15-29)48-45(47-43)32-22-24-34-30(26-32)16-11-21-33(34)31-23-25-40-39(27-31)41-37-19-9-7-17-35(37)36-18-8-10-20-38(36)42(41)49-40/h1-27,43H,(H,46,47,48). The number of amidine groups is 2. The van der Waals surface area contributed by atoms with E-state index in [2.05, 4.69) is 133 Å². The van der Waals surface area contributed by atoms with Crippen molar-refractivity contribution in [3.8, 4) is 11.1 Å². The fourth-order valence-electron chi connectivity index (χ4n) is 7.38. The molecule has 0 saturated carbocycles. The van der Waals surface area contributed by atoms with Gasteiger partial charge in [-0.1, -0.05) is 146 Å². The van der Waals surface area contributed by atoms with Crippen molar-refractivity contribution in [1.29, 1.82) is 0 Å². The number of hydrogen-bond donors (Lipinski definition) is 1. The number of furan rings is 1. The third-order valence-electron chi connectivity index (χ3n) is 9.70. The van der Waals surface area contributed by atoms with Gasteiger partial charge in [0.1, 0.15) is 23.2 Å². The third kappa shape index (κ3) is 4.53. The summed E-state index contributed by atoms with van der Waals surface area (Å²) in [6, 6.07) is 57.4. The van der Waals surface area contributed by atoms with Crippen LogP contribution in [0.25, 0.3) is 65.4 Å². The maximum atomic E-state index is 6.59.